The molecule has 17 heavy (non-hydrogen) atoms. The molecule has 1 aromatic carbocycles. The third-order valence-corrected chi connectivity index (χ3v) is 2.65. The highest BCUT2D eigenvalue weighted by molar-refractivity contribution is 5.50. The molecule has 0 aliphatic heterocycles. The van der Waals surface area contributed by atoms with E-state index in [2.05, 4.69) is 5.10 Å². The molecule has 0 saturated carbocycles. The van der Waals surface area contributed by atoms with E-state index in [1.165, 1.54) is 0 Å². The van der Waals surface area contributed by atoms with Crippen molar-refractivity contribution >= 4 is 0 Å². The number of methoxy groups -OCH3 is 1. The van der Waals surface area contributed by atoms with Gasteiger partial charge in [-0.2, -0.15) is 5.10 Å². The van der Waals surface area contributed by atoms with Crippen LogP contribution in [0.25, 0.3) is 5.69 Å². The van der Waals surface area contributed by atoms with Crippen molar-refractivity contribution < 1.29 is 9.84 Å². The fourth-order valence-corrected chi connectivity index (χ4v) is 1.88. The van der Waals surface area contributed by atoms with Crippen LogP contribution in [0.15, 0.2) is 30.5 Å². The summed E-state index contributed by atoms with van der Waals surface area (Å²) in [5, 5.41) is 14.2. The van der Waals surface area contributed by atoms with Gasteiger partial charge in [-0.15, -0.1) is 0 Å². The number of aryl methyl sites for hydroxylation is 1. The summed E-state index contributed by atoms with van der Waals surface area (Å²) in [6.45, 7) is 3.65. The fraction of sp³-hybridized carbons (Fsp3) is 0.308. The van der Waals surface area contributed by atoms with E-state index in [0.29, 0.717) is 5.75 Å². The van der Waals surface area contributed by atoms with Crippen molar-refractivity contribution in [3.63, 3.8) is 0 Å². The van der Waals surface area contributed by atoms with E-state index in [9.17, 15) is 5.11 Å². The van der Waals surface area contributed by atoms with Crippen LogP contribution in [0, 0.1) is 6.92 Å². The smallest absolute Gasteiger partial charge is 0.126 e. The van der Waals surface area contributed by atoms with Crippen LogP contribution in [0.5, 0.6) is 5.75 Å². The highest BCUT2D eigenvalue weighted by atomic mass is 16.5. The van der Waals surface area contributed by atoms with Crippen LogP contribution in [-0.2, 0) is 0 Å². The van der Waals surface area contributed by atoms with Gasteiger partial charge in [0.15, 0.2) is 0 Å². The van der Waals surface area contributed by atoms with Crippen molar-refractivity contribution in [2.45, 2.75) is 20.0 Å². The first kappa shape index (κ1) is 11.7. The summed E-state index contributed by atoms with van der Waals surface area (Å²) < 4.78 is 7.02. The van der Waals surface area contributed by atoms with Gasteiger partial charge in [-0.3, -0.25) is 0 Å². The number of hydrogen-bond donors (Lipinski definition) is 1. The van der Waals surface area contributed by atoms with Gasteiger partial charge in [0.05, 0.1) is 24.6 Å². The van der Waals surface area contributed by atoms with Gasteiger partial charge in [-0.05, 0) is 32.0 Å². The normalized spacial score (nSPS) is 12.5. The SMILES string of the molecule is COc1cccc(-n2ccc(C)n2)c1[C@@H](C)O. The number of aliphatic hydroxyl groups excluding tert-OH is 1. The maximum atomic E-state index is 9.86. The first-order valence-corrected chi connectivity index (χ1v) is 5.51. The molecule has 0 aliphatic carbocycles. The van der Waals surface area contributed by atoms with Crippen LogP contribution >= 0.6 is 0 Å². The molecule has 90 valence electrons. The number of aromatic nitrogens is 2. The summed E-state index contributed by atoms with van der Waals surface area (Å²) in [7, 11) is 1.60. The zero-order valence-electron chi connectivity index (χ0n) is 10.2. The Kier molecular flexibility index (Phi) is 3.15. The van der Waals surface area contributed by atoms with Gasteiger partial charge in [0.25, 0.3) is 0 Å². The van der Waals surface area contributed by atoms with Crippen molar-refractivity contribution in [3.05, 3.63) is 41.7 Å². The average Bonchev–Trinajstić information content (AvgIpc) is 2.74. The predicted molar refractivity (Wildman–Crippen MR) is 65.5 cm³/mol. The summed E-state index contributed by atoms with van der Waals surface area (Å²) in [6.07, 6.45) is 1.27. The summed E-state index contributed by atoms with van der Waals surface area (Å²) in [4.78, 5) is 0. The predicted octanol–water partition coefficient (Wildman–Crippen LogP) is 2.24. The van der Waals surface area contributed by atoms with Gasteiger partial charge >= 0.3 is 0 Å². The molecule has 1 aromatic heterocycles. The van der Waals surface area contributed by atoms with Crippen molar-refractivity contribution in [1.29, 1.82) is 0 Å². The van der Waals surface area contributed by atoms with E-state index < -0.39 is 6.10 Å². The van der Waals surface area contributed by atoms with Crippen molar-refractivity contribution in [2.24, 2.45) is 0 Å². The average molecular weight is 232 g/mol. The third-order valence-electron chi connectivity index (χ3n) is 2.65. The number of ether oxygens (including phenoxy) is 1. The molecule has 0 unspecified atom stereocenters. The van der Waals surface area contributed by atoms with E-state index in [-0.39, 0.29) is 0 Å². The molecule has 4 heteroatoms. The molecule has 0 saturated heterocycles. The van der Waals surface area contributed by atoms with Crippen LogP contribution in [0.3, 0.4) is 0 Å². The summed E-state index contributed by atoms with van der Waals surface area (Å²) in [5.74, 6) is 0.672. The van der Waals surface area contributed by atoms with E-state index in [0.717, 1.165) is 16.9 Å². The van der Waals surface area contributed by atoms with Gasteiger partial charge in [0, 0.05) is 11.8 Å². The second-order valence-electron chi connectivity index (χ2n) is 3.97. The lowest BCUT2D eigenvalue weighted by Gasteiger charge is -2.15. The highest BCUT2D eigenvalue weighted by Gasteiger charge is 2.15. The van der Waals surface area contributed by atoms with E-state index >= 15 is 0 Å². The monoisotopic (exact) mass is 232 g/mol. The molecule has 0 radical (unpaired) electrons. The molecule has 0 aliphatic rings. The maximum Gasteiger partial charge on any atom is 0.126 e. The standard InChI is InChI=1S/C13H16N2O2/c1-9-7-8-15(14-9)11-5-4-6-12(17-3)13(11)10(2)16/h4-8,10,16H,1-3H3/t10-/m1/s1. The lowest BCUT2D eigenvalue weighted by Crippen LogP contribution is -2.05. The minimum absolute atomic E-state index is 0.606. The second kappa shape index (κ2) is 4.59. The molecule has 1 N–H and O–H groups in total. The highest BCUT2D eigenvalue weighted by Crippen LogP contribution is 2.30. The quantitative estimate of drug-likeness (QED) is 0.882. The van der Waals surface area contributed by atoms with E-state index in [1.54, 1.807) is 18.7 Å². The number of hydrogen-bond acceptors (Lipinski definition) is 3. The Bertz CT molecular complexity index is 518. The van der Waals surface area contributed by atoms with Crippen molar-refractivity contribution in [2.75, 3.05) is 7.11 Å². The Hall–Kier alpha value is -1.81. The maximum absolute atomic E-state index is 9.86. The van der Waals surface area contributed by atoms with Crippen LogP contribution in [0.4, 0.5) is 0 Å². The van der Waals surface area contributed by atoms with Crippen LogP contribution in [-0.4, -0.2) is 22.0 Å². The Labute approximate surface area is 100 Å². The minimum atomic E-state index is -0.606. The largest absolute Gasteiger partial charge is 0.496 e. The van der Waals surface area contributed by atoms with Crippen molar-refractivity contribution in [3.8, 4) is 11.4 Å². The zero-order valence-corrected chi connectivity index (χ0v) is 10.2. The van der Waals surface area contributed by atoms with Crippen LogP contribution < -0.4 is 4.74 Å². The first-order chi connectivity index (χ1) is 8.13. The Morgan fingerprint density at radius 2 is 2.12 bits per heavy atom. The van der Waals surface area contributed by atoms with Gasteiger partial charge in [0.1, 0.15) is 5.75 Å². The molecule has 0 bridgehead atoms. The van der Waals surface area contributed by atoms with Crippen LogP contribution in [0.2, 0.25) is 0 Å². The molecular weight excluding hydrogens is 216 g/mol. The Morgan fingerprint density at radius 3 is 2.65 bits per heavy atom. The van der Waals surface area contributed by atoms with Crippen LogP contribution in [0.1, 0.15) is 24.3 Å². The number of benzene rings is 1. The summed E-state index contributed by atoms with van der Waals surface area (Å²) in [5.41, 5.74) is 2.52. The minimum Gasteiger partial charge on any atom is -0.496 e. The molecule has 4 nitrogen and oxygen atoms in total. The summed E-state index contributed by atoms with van der Waals surface area (Å²) >= 11 is 0. The summed E-state index contributed by atoms with van der Waals surface area (Å²) in [6, 6.07) is 7.56. The molecule has 2 aromatic rings. The number of nitrogens with zero attached hydrogens (tertiary/aromatic N) is 2. The molecule has 2 rings (SSSR count). The Balaban J connectivity index is 2.60. The van der Waals surface area contributed by atoms with Gasteiger partial charge in [0.2, 0.25) is 0 Å². The zero-order chi connectivity index (χ0) is 12.4. The number of rotatable bonds is 3. The van der Waals surface area contributed by atoms with Gasteiger partial charge < -0.3 is 9.84 Å². The van der Waals surface area contributed by atoms with Crippen molar-refractivity contribution in [1.82, 2.24) is 9.78 Å². The molecule has 1 atom stereocenters. The second-order valence-corrected chi connectivity index (χ2v) is 3.97. The van der Waals surface area contributed by atoms with E-state index in [4.69, 9.17) is 4.74 Å². The van der Waals surface area contributed by atoms with Gasteiger partial charge in [-0.25, -0.2) is 4.68 Å². The first-order valence-electron chi connectivity index (χ1n) is 5.51. The molecular formula is C13H16N2O2. The van der Waals surface area contributed by atoms with E-state index in [1.807, 2.05) is 37.4 Å². The molecule has 0 spiro atoms. The Morgan fingerprint density at radius 1 is 1.35 bits per heavy atom. The fourth-order valence-electron chi connectivity index (χ4n) is 1.88. The molecule has 0 fully saturated rings. The lowest BCUT2D eigenvalue weighted by atomic mass is 10.1. The lowest BCUT2D eigenvalue weighted by molar-refractivity contribution is 0.194. The molecule has 0 amide bonds. The third kappa shape index (κ3) is 2.17. The molecule has 1 heterocycles. The van der Waals surface area contributed by atoms with Gasteiger partial charge in [-0.1, -0.05) is 6.07 Å². The topological polar surface area (TPSA) is 47.3 Å². The number of aliphatic hydroxyl groups is 1.